The third-order valence-corrected chi connectivity index (χ3v) is 10.1. The van der Waals surface area contributed by atoms with E-state index in [2.05, 4.69) is 6.08 Å². The predicted molar refractivity (Wildman–Crippen MR) is 142 cm³/mol. The number of hydrogen-bond acceptors (Lipinski definition) is 5. The number of anilines is 1. The average Bonchev–Trinajstić information content (AvgIpc) is 3.12. The lowest BCUT2D eigenvalue weighted by Gasteiger charge is -2.37. The first-order valence-electron chi connectivity index (χ1n) is 12.5. The lowest BCUT2D eigenvalue weighted by molar-refractivity contribution is -0.143. The number of rotatable bonds is 6. The summed E-state index contributed by atoms with van der Waals surface area (Å²) in [6.45, 7) is 3.36. The number of thioether (sulfide) groups is 1. The first kappa shape index (κ1) is 25.4. The Morgan fingerprint density at radius 1 is 1.00 bits per heavy atom. The minimum atomic E-state index is -0.862. The molecule has 2 fully saturated rings. The van der Waals surface area contributed by atoms with Crippen molar-refractivity contribution in [2.24, 2.45) is 11.8 Å². The minimum Gasteiger partial charge on any atom is -0.396 e. The predicted octanol–water partition coefficient (Wildman–Crippen LogP) is 3.12. The normalized spacial score (nSPS) is 33.5. The van der Waals surface area contributed by atoms with Gasteiger partial charge in [-0.15, -0.1) is 11.8 Å². The molecular weight excluding hydrogens is 498 g/mol. The van der Waals surface area contributed by atoms with Crippen LogP contribution in [0.5, 0.6) is 0 Å². The van der Waals surface area contributed by atoms with E-state index in [1.165, 1.54) is 0 Å². The number of likely N-dealkylation sites (N-methyl/N-ethyl adjacent to an activating group) is 1. The Balaban J connectivity index is 1.61. The maximum Gasteiger partial charge on any atom is 0.251 e. The fraction of sp³-hybridized carbons (Fsp3) is 0.519. The van der Waals surface area contributed by atoms with E-state index in [-0.39, 0.29) is 24.3 Å². The molecule has 1 N–H and O–H groups in total. The summed E-state index contributed by atoms with van der Waals surface area (Å²) in [6.07, 6.45) is 10.1. The van der Waals surface area contributed by atoms with Crippen molar-refractivity contribution in [2.45, 2.75) is 41.7 Å². The van der Waals surface area contributed by atoms with Crippen LogP contribution >= 0.6 is 23.4 Å². The average molecular weight is 530 g/mol. The molecule has 5 atom stereocenters. The number of carbonyl (C=O) groups is 3. The lowest BCUT2D eigenvalue weighted by atomic mass is 9.74. The maximum absolute atomic E-state index is 14.4. The van der Waals surface area contributed by atoms with Crippen molar-refractivity contribution in [1.29, 1.82) is 0 Å². The Labute approximate surface area is 221 Å². The van der Waals surface area contributed by atoms with Gasteiger partial charge in [-0.1, -0.05) is 48.0 Å². The van der Waals surface area contributed by atoms with Gasteiger partial charge in [-0.3, -0.25) is 14.4 Å². The van der Waals surface area contributed by atoms with Crippen LogP contribution in [0.4, 0.5) is 5.69 Å². The molecule has 0 aliphatic carbocycles. The SMILES string of the molecule is CN1CC=C[C@@]2(C)S[C@]34C=CCN(c5ccccc5Cl)C(=O)C3N(CCCCCO)C(=O)[C@@H]4[C@H]2C1=O. The van der Waals surface area contributed by atoms with Crippen molar-refractivity contribution in [1.82, 2.24) is 9.80 Å². The van der Waals surface area contributed by atoms with E-state index in [1.54, 1.807) is 39.6 Å². The highest BCUT2D eigenvalue weighted by Gasteiger charge is 2.73. The van der Waals surface area contributed by atoms with Crippen molar-refractivity contribution in [3.8, 4) is 0 Å². The van der Waals surface area contributed by atoms with Crippen molar-refractivity contribution < 1.29 is 19.5 Å². The van der Waals surface area contributed by atoms with Gasteiger partial charge in [0, 0.05) is 38.0 Å². The summed E-state index contributed by atoms with van der Waals surface area (Å²) < 4.78 is -1.47. The van der Waals surface area contributed by atoms with Gasteiger partial charge in [0.1, 0.15) is 6.04 Å². The summed E-state index contributed by atoms with van der Waals surface area (Å²) in [5.41, 5.74) is 0.612. The van der Waals surface area contributed by atoms with Crippen LogP contribution in [0.2, 0.25) is 5.02 Å². The number of fused-ring (bicyclic) bond motifs is 2. The molecule has 4 aliphatic heterocycles. The molecule has 192 valence electrons. The molecule has 9 heteroatoms. The van der Waals surface area contributed by atoms with Gasteiger partial charge in [0.2, 0.25) is 11.8 Å². The number of amides is 3. The first-order chi connectivity index (χ1) is 17.2. The minimum absolute atomic E-state index is 0.0563. The second kappa shape index (κ2) is 9.54. The fourth-order valence-corrected chi connectivity index (χ4v) is 8.74. The third-order valence-electron chi connectivity index (χ3n) is 7.96. The topological polar surface area (TPSA) is 81.2 Å². The van der Waals surface area contributed by atoms with Crippen molar-refractivity contribution >= 4 is 46.8 Å². The van der Waals surface area contributed by atoms with Gasteiger partial charge in [0.15, 0.2) is 0 Å². The summed E-state index contributed by atoms with van der Waals surface area (Å²) in [4.78, 5) is 47.2. The summed E-state index contributed by atoms with van der Waals surface area (Å²) >= 11 is 8.08. The fourth-order valence-electron chi connectivity index (χ4n) is 6.34. The number of likely N-dealkylation sites (tertiary alicyclic amines) is 1. The second-order valence-corrected chi connectivity index (χ2v) is 12.4. The van der Waals surface area contributed by atoms with E-state index in [4.69, 9.17) is 11.6 Å². The number of para-hydroxylation sites is 1. The number of carbonyl (C=O) groups excluding carboxylic acids is 3. The molecule has 2 saturated heterocycles. The lowest BCUT2D eigenvalue weighted by Crippen LogP contribution is -2.53. The van der Waals surface area contributed by atoms with Crippen molar-refractivity contribution in [3.05, 3.63) is 53.6 Å². The second-order valence-electron chi connectivity index (χ2n) is 10.2. The largest absolute Gasteiger partial charge is 0.396 e. The molecule has 0 saturated carbocycles. The molecule has 5 rings (SSSR count). The molecule has 1 unspecified atom stereocenters. The van der Waals surface area contributed by atoms with Crippen LogP contribution in [0.15, 0.2) is 48.6 Å². The van der Waals surface area contributed by atoms with Gasteiger partial charge in [0.05, 0.1) is 27.3 Å². The molecule has 4 aliphatic rings. The van der Waals surface area contributed by atoms with Gasteiger partial charge in [-0.2, -0.15) is 0 Å². The molecule has 0 radical (unpaired) electrons. The molecule has 1 aromatic rings. The highest BCUT2D eigenvalue weighted by atomic mass is 35.5. The van der Waals surface area contributed by atoms with Gasteiger partial charge < -0.3 is 19.8 Å². The molecule has 0 bridgehead atoms. The molecule has 3 amide bonds. The Hall–Kier alpha value is -2.29. The summed E-state index contributed by atoms with van der Waals surface area (Å²) in [6, 6.07) is 6.49. The summed E-state index contributed by atoms with van der Waals surface area (Å²) in [5, 5.41) is 9.69. The highest BCUT2D eigenvalue weighted by molar-refractivity contribution is 8.02. The van der Waals surface area contributed by atoms with Crippen LogP contribution in [-0.2, 0) is 14.4 Å². The zero-order valence-electron chi connectivity index (χ0n) is 20.6. The van der Waals surface area contributed by atoms with Crippen molar-refractivity contribution in [3.63, 3.8) is 0 Å². The highest BCUT2D eigenvalue weighted by Crippen LogP contribution is 2.65. The number of benzene rings is 1. The molecule has 7 nitrogen and oxygen atoms in total. The molecule has 1 spiro atoms. The number of halogens is 1. The van der Waals surface area contributed by atoms with Crippen LogP contribution in [0, 0.1) is 11.8 Å². The van der Waals surface area contributed by atoms with E-state index in [9.17, 15) is 19.5 Å². The molecule has 1 aromatic carbocycles. The van der Waals surface area contributed by atoms with Crippen LogP contribution in [0.3, 0.4) is 0 Å². The van der Waals surface area contributed by atoms with E-state index in [0.29, 0.717) is 43.2 Å². The van der Waals surface area contributed by atoms with Gasteiger partial charge in [-0.05, 0) is 38.3 Å². The number of aliphatic hydroxyl groups excluding tert-OH is 1. The van der Waals surface area contributed by atoms with Crippen LogP contribution in [0.1, 0.15) is 26.2 Å². The number of unbranched alkanes of at least 4 members (excludes halogenated alkanes) is 2. The van der Waals surface area contributed by atoms with Gasteiger partial charge in [-0.25, -0.2) is 0 Å². The maximum atomic E-state index is 14.4. The summed E-state index contributed by atoms with van der Waals surface area (Å²) in [7, 11) is 1.77. The van der Waals surface area contributed by atoms with Crippen LogP contribution < -0.4 is 4.90 Å². The third kappa shape index (κ3) is 3.80. The Kier molecular flexibility index (Phi) is 6.72. The van der Waals surface area contributed by atoms with E-state index < -0.39 is 27.4 Å². The molecule has 36 heavy (non-hydrogen) atoms. The molecule has 4 heterocycles. The smallest absolute Gasteiger partial charge is 0.251 e. The number of aliphatic hydroxyl groups is 1. The Bertz CT molecular complexity index is 1140. The number of nitrogens with zero attached hydrogens (tertiary/aromatic N) is 3. The van der Waals surface area contributed by atoms with E-state index in [1.807, 2.05) is 43.4 Å². The van der Waals surface area contributed by atoms with Crippen LogP contribution in [-0.4, -0.2) is 81.5 Å². The summed E-state index contributed by atoms with van der Waals surface area (Å²) in [5.74, 6) is -1.57. The standard InChI is InChI=1S/C27H32ClN3O4S/c1-26-12-8-14-29(2)23(33)20(26)21-24(34)31(15-6-3-7-17-32)22-25(35)30(16-9-13-27(21,22)36-26)19-11-5-4-10-18(19)28/h4-5,8-13,20-22,32H,3,6-7,14-17H2,1-2H3/t20-,21-,22?,26+,27-/m0/s1. The van der Waals surface area contributed by atoms with Crippen molar-refractivity contribution in [2.75, 3.05) is 38.2 Å². The van der Waals surface area contributed by atoms with Crippen LogP contribution in [0.25, 0.3) is 0 Å². The zero-order chi connectivity index (χ0) is 25.7. The quantitative estimate of drug-likeness (QED) is 0.452. The van der Waals surface area contributed by atoms with Gasteiger partial charge in [0.25, 0.3) is 5.91 Å². The number of hydrogen-bond donors (Lipinski definition) is 1. The molecular formula is C27H32ClN3O4S. The first-order valence-corrected chi connectivity index (χ1v) is 13.7. The zero-order valence-corrected chi connectivity index (χ0v) is 22.2. The monoisotopic (exact) mass is 529 g/mol. The van der Waals surface area contributed by atoms with E-state index in [0.717, 1.165) is 6.42 Å². The Morgan fingerprint density at radius 2 is 1.75 bits per heavy atom. The molecule has 0 aromatic heterocycles. The van der Waals surface area contributed by atoms with Gasteiger partial charge >= 0.3 is 0 Å². The Morgan fingerprint density at radius 3 is 2.50 bits per heavy atom. The van der Waals surface area contributed by atoms with E-state index >= 15 is 0 Å².